The van der Waals surface area contributed by atoms with Crippen LogP contribution < -0.4 is 15.5 Å². The zero-order valence-corrected chi connectivity index (χ0v) is 19.8. The number of nitrogens with zero attached hydrogens (tertiary/aromatic N) is 5. The molecule has 6 rings (SSSR count). The Hall–Kier alpha value is -2.91. The number of piperazine rings is 1. The Balaban J connectivity index is 1.29. The van der Waals surface area contributed by atoms with E-state index in [-0.39, 0.29) is 6.10 Å². The van der Waals surface area contributed by atoms with Crippen LogP contribution in [0, 0.1) is 0 Å². The summed E-state index contributed by atoms with van der Waals surface area (Å²) in [5.41, 5.74) is 4.08. The lowest BCUT2D eigenvalue weighted by atomic mass is 9.93. The van der Waals surface area contributed by atoms with Gasteiger partial charge < -0.3 is 30.5 Å². The molecule has 3 fully saturated rings. The molecule has 1 saturated heterocycles. The molecule has 2 aliphatic carbocycles. The normalized spacial score (nSPS) is 23.9. The summed E-state index contributed by atoms with van der Waals surface area (Å²) in [5, 5.41) is 17.0. The van der Waals surface area contributed by atoms with Crippen molar-refractivity contribution in [2.45, 2.75) is 56.7 Å². The number of aromatic nitrogens is 4. The van der Waals surface area contributed by atoms with Crippen LogP contribution in [-0.2, 0) is 0 Å². The number of likely N-dealkylation sites (N-methyl/N-ethyl adjacent to an activating group) is 1. The highest BCUT2D eigenvalue weighted by Crippen LogP contribution is 2.32. The number of anilines is 3. The van der Waals surface area contributed by atoms with Crippen molar-refractivity contribution in [3.63, 3.8) is 0 Å². The fourth-order valence-corrected chi connectivity index (χ4v) is 4.94. The first-order valence-corrected chi connectivity index (χ1v) is 12.6. The molecule has 0 bridgehead atoms. The Kier molecular flexibility index (Phi) is 5.74. The predicted octanol–water partition coefficient (Wildman–Crippen LogP) is 3.06. The number of aliphatic hydroxyl groups is 1. The summed E-state index contributed by atoms with van der Waals surface area (Å²) in [6, 6.07) is 7.25. The molecule has 9 nitrogen and oxygen atoms in total. The van der Waals surface area contributed by atoms with Gasteiger partial charge in [-0.25, -0.2) is 9.97 Å². The Labute approximate surface area is 200 Å². The second-order valence-corrected chi connectivity index (χ2v) is 10.1. The molecule has 0 spiro atoms. The number of H-pyrrole nitrogens is 1. The van der Waals surface area contributed by atoms with Crippen LogP contribution in [0.2, 0.25) is 0 Å². The fraction of sp³-hybridized carbons (Fsp3) is 0.560. The van der Waals surface area contributed by atoms with E-state index >= 15 is 0 Å². The Morgan fingerprint density at radius 1 is 0.941 bits per heavy atom. The molecule has 0 atom stereocenters. The maximum Gasteiger partial charge on any atom is 0.224 e. The lowest BCUT2D eigenvalue weighted by molar-refractivity contribution is 0.126. The van der Waals surface area contributed by atoms with Gasteiger partial charge >= 0.3 is 0 Å². The van der Waals surface area contributed by atoms with Crippen LogP contribution in [0.3, 0.4) is 0 Å². The fourth-order valence-electron chi connectivity index (χ4n) is 4.94. The number of fused-ring (bicyclic) bond motifs is 1. The molecule has 0 radical (unpaired) electrons. The number of hydrogen-bond acceptors (Lipinski definition) is 8. The van der Waals surface area contributed by atoms with Crippen molar-refractivity contribution in [2.24, 2.45) is 0 Å². The summed E-state index contributed by atoms with van der Waals surface area (Å²) in [6.45, 7) is 4.24. The molecule has 1 aliphatic heterocycles. The molecule has 3 heterocycles. The SMILES string of the molecule is CN1CCN(c2ccc3nc(-c4cnc(NC5CC5)nc4NC4CCC(O)CC4)[nH]c3c2)CC1. The second-order valence-electron chi connectivity index (χ2n) is 10.1. The third-order valence-corrected chi connectivity index (χ3v) is 7.33. The van der Waals surface area contributed by atoms with Crippen LogP contribution >= 0.6 is 0 Å². The number of hydrogen-bond donors (Lipinski definition) is 4. The van der Waals surface area contributed by atoms with E-state index in [1.165, 1.54) is 18.5 Å². The Morgan fingerprint density at radius 3 is 2.44 bits per heavy atom. The number of rotatable bonds is 6. The van der Waals surface area contributed by atoms with Crippen molar-refractivity contribution in [1.29, 1.82) is 0 Å². The van der Waals surface area contributed by atoms with Crippen molar-refractivity contribution < 1.29 is 5.11 Å². The van der Waals surface area contributed by atoms with E-state index in [1.54, 1.807) is 0 Å². The van der Waals surface area contributed by atoms with Crippen LogP contribution in [0.5, 0.6) is 0 Å². The van der Waals surface area contributed by atoms with E-state index in [0.717, 1.165) is 80.1 Å². The minimum absolute atomic E-state index is 0.181. The zero-order valence-electron chi connectivity index (χ0n) is 19.8. The largest absolute Gasteiger partial charge is 0.393 e. The van der Waals surface area contributed by atoms with Crippen molar-refractivity contribution in [1.82, 2.24) is 24.8 Å². The molecular weight excluding hydrogens is 428 g/mol. The standard InChI is InChI=1S/C25H34N8O/c1-32-10-12-33(13-11-32)18-6-9-21-22(14-18)30-24(29-21)20-15-26-25(28-17-2-3-17)31-23(20)27-16-4-7-19(34)8-5-16/h6,9,14-17,19,34H,2-5,7-8,10-13H2,1H3,(H,29,30)(H2,26,27,28,31). The molecule has 180 valence electrons. The molecule has 9 heteroatoms. The third-order valence-electron chi connectivity index (χ3n) is 7.33. The Bertz CT molecular complexity index is 1140. The minimum Gasteiger partial charge on any atom is -0.393 e. The van der Waals surface area contributed by atoms with Gasteiger partial charge in [0.05, 0.1) is 22.7 Å². The first-order chi connectivity index (χ1) is 16.6. The first kappa shape index (κ1) is 21.6. The average molecular weight is 463 g/mol. The molecule has 3 aromatic rings. The number of nitrogens with one attached hydrogen (secondary N) is 3. The number of benzene rings is 1. The molecule has 2 aromatic heterocycles. The summed E-state index contributed by atoms with van der Waals surface area (Å²) in [4.78, 5) is 22.7. The van der Waals surface area contributed by atoms with E-state index in [2.05, 4.69) is 55.6 Å². The summed E-state index contributed by atoms with van der Waals surface area (Å²) in [6.07, 6.45) is 7.56. The molecule has 34 heavy (non-hydrogen) atoms. The monoisotopic (exact) mass is 462 g/mol. The highest BCUT2D eigenvalue weighted by atomic mass is 16.3. The average Bonchev–Trinajstić information content (AvgIpc) is 3.56. The smallest absolute Gasteiger partial charge is 0.224 e. The Morgan fingerprint density at radius 2 is 1.68 bits per heavy atom. The van der Waals surface area contributed by atoms with Crippen LogP contribution in [-0.4, -0.2) is 81.4 Å². The summed E-state index contributed by atoms with van der Waals surface area (Å²) in [5.74, 6) is 2.25. The van der Waals surface area contributed by atoms with Crippen molar-refractivity contribution in [2.75, 3.05) is 48.8 Å². The van der Waals surface area contributed by atoms with Gasteiger partial charge in [0.15, 0.2) is 0 Å². The second kappa shape index (κ2) is 9.03. The minimum atomic E-state index is -0.181. The molecule has 4 N–H and O–H groups in total. The lowest BCUT2D eigenvalue weighted by Gasteiger charge is -2.34. The molecular formula is C25H34N8O. The third kappa shape index (κ3) is 4.67. The molecule has 1 aromatic carbocycles. The number of imidazole rings is 1. The molecule has 0 unspecified atom stereocenters. The van der Waals surface area contributed by atoms with E-state index < -0.39 is 0 Å². The zero-order chi connectivity index (χ0) is 23.1. The quantitative estimate of drug-likeness (QED) is 0.443. The van der Waals surface area contributed by atoms with Crippen molar-refractivity contribution in [3.05, 3.63) is 24.4 Å². The number of aliphatic hydroxyl groups excluding tert-OH is 1. The first-order valence-electron chi connectivity index (χ1n) is 12.6. The summed E-state index contributed by atoms with van der Waals surface area (Å²) >= 11 is 0. The van der Waals surface area contributed by atoms with Gasteiger partial charge in [-0.1, -0.05) is 0 Å². The number of aromatic amines is 1. The molecule has 2 saturated carbocycles. The van der Waals surface area contributed by atoms with Crippen molar-refractivity contribution >= 4 is 28.5 Å². The predicted molar refractivity (Wildman–Crippen MR) is 135 cm³/mol. The van der Waals surface area contributed by atoms with E-state index in [9.17, 15) is 5.11 Å². The molecule has 0 amide bonds. The summed E-state index contributed by atoms with van der Waals surface area (Å²) in [7, 11) is 2.18. The van der Waals surface area contributed by atoms with Crippen molar-refractivity contribution in [3.8, 4) is 11.4 Å². The van der Waals surface area contributed by atoms with Gasteiger partial charge in [-0.05, 0) is 63.8 Å². The highest BCUT2D eigenvalue weighted by Gasteiger charge is 2.25. The van der Waals surface area contributed by atoms with Crippen LogP contribution in [0.1, 0.15) is 38.5 Å². The molecule has 3 aliphatic rings. The maximum absolute atomic E-state index is 9.90. The van der Waals surface area contributed by atoms with Crippen LogP contribution in [0.25, 0.3) is 22.4 Å². The van der Waals surface area contributed by atoms with Gasteiger partial charge in [0.1, 0.15) is 11.6 Å². The van der Waals surface area contributed by atoms with E-state index in [0.29, 0.717) is 18.0 Å². The van der Waals surface area contributed by atoms with E-state index in [1.807, 2.05) is 6.20 Å². The topological polar surface area (TPSA) is 105 Å². The van der Waals surface area contributed by atoms with Gasteiger partial charge in [-0.3, -0.25) is 0 Å². The maximum atomic E-state index is 9.90. The van der Waals surface area contributed by atoms with Crippen LogP contribution in [0.4, 0.5) is 17.5 Å². The highest BCUT2D eigenvalue weighted by molar-refractivity contribution is 5.84. The van der Waals surface area contributed by atoms with Gasteiger partial charge in [0, 0.05) is 50.1 Å². The van der Waals surface area contributed by atoms with E-state index in [4.69, 9.17) is 9.97 Å². The van der Waals surface area contributed by atoms with Gasteiger partial charge in [0.2, 0.25) is 5.95 Å². The van der Waals surface area contributed by atoms with Gasteiger partial charge in [0.25, 0.3) is 0 Å². The van der Waals surface area contributed by atoms with Gasteiger partial charge in [-0.15, -0.1) is 0 Å². The lowest BCUT2D eigenvalue weighted by Crippen LogP contribution is -2.44. The van der Waals surface area contributed by atoms with Gasteiger partial charge in [-0.2, -0.15) is 4.98 Å². The van der Waals surface area contributed by atoms with Crippen LogP contribution in [0.15, 0.2) is 24.4 Å². The summed E-state index contributed by atoms with van der Waals surface area (Å²) < 4.78 is 0.